The molecule has 1 aromatic rings. The van der Waals surface area contributed by atoms with Gasteiger partial charge in [-0.15, -0.1) is 10.2 Å². The molecule has 1 fully saturated rings. The predicted octanol–water partition coefficient (Wildman–Crippen LogP) is 2.07. The summed E-state index contributed by atoms with van der Waals surface area (Å²) in [5.74, 6) is 0.517. The Kier molecular flexibility index (Phi) is 4.24. The maximum absolute atomic E-state index is 12.4. The number of piperidine rings is 1. The van der Waals surface area contributed by atoms with Crippen LogP contribution in [0.15, 0.2) is 12.1 Å². The Morgan fingerprint density at radius 2 is 1.95 bits per heavy atom. The number of hydrogen-bond donors (Lipinski definition) is 1. The third-order valence-electron chi connectivity index (χ3n) is 3.25. The van der Waals surface area contributed by atoms with Crippen molar-refractivity contribution < 1.29 is 13.2 Å². The average Bonchev–Trinajstić information content (AvgIpc) is 2.39. The Morgan fingerprint density at radius 1 is 1.26 bits per heavy atom. The summed E-state index contributed by atoms with van der Waals surface area (Å²) in [6, 6.07) is 2.87. The quantitative estimate of drug-likeness (QED) is 0.916. The van der Waals surface area contributed by atoms with Crippen LogP contribution in [0, 0.1) is 0 Å². The van der Waals surface area contributed by atoms with Crippen LogP contribution in [-0.2, 0) is 6.18 Å². The second kappa shape index (κ2) is 5.73. The molecule has 1 N–H and O–H groups in total. The molecule has 0 amide bonds. The molecule has 1 aliphatic rings. The highest BCUT2D eigenvalue weighted by molar-refractivity contribution is 5.38. The summed E-state index contributed by atoms with van der Waals surface area (Å²) in [5, 5.41) is 10.3. The van der Waals surface area contributed by atoms with E-state index in [0.717, 1.165) is 38.5 Å². The lowest BCUT2D eigenvalue weighted by molar-refractivity contribution is -0.141. The van der Waals surface area contributed by atoms with E-state index in [1.807, 2.05) is 4.90 Å². The minimum absolute atomic E-state index is 0.489. The van der Waals surface area contributed by atoms with Gasteiger partial charge in [0.2, 0.25) is 0 Å². The molecule has 0 bridgehead atoms. The molecule has 106 valence electrons. The Bertz CT molecular complexity index is 396. The summed E-state index contributed by atoms with van der Waals surface area (Å²) in [6.07, 6.45) is -2.49. The molecule has 0 aromatic carbocycles. The van der Waals surface area contributed by atoms with Gasteiger partial charge >= 0.3 is 6.18 Å². The number of nitrogens with zero attached hydrogens (tertiary/aromatic N) is 3. The van der Waals surface area contributed by atoms with Crippen molar-refractivity contribution in [1.82, 2.24) is 15.5 Å². The van der Waals surface area contributed by atoms with Gasteiger partial charge in [-0.2, -0.15) is 13.2 Å². The molecule has 4 nitrogen and oxygen atoms in total. The Morgan fingerprint density at radius 3 is 2.42 bits per heavy atom. The zero-order valence-electron chi connectivity index (χ0n) is 10.7. The highest BCUT2D eigenvalue weighted by Gasteiger charge is 2.33. The lowest BCUT2D eigenvalue weighted by Gasteiger charge is -2.32. The minimum Gasteiger partial charge on any atom is -0.355 e. The third kappa shape index (κ3) is 3.56. The molecule has 1 saturated heterocycles. The molecule has 2 rings (SSSR count). The fourth-order valence-corrected chi connectivity index (χ4v) is 2.25. The molecule has 0 atom stereocenters. The van der Waals surface area contributed by atoms with E-state index >= 15 is 0 Å². The summed E-state index contributed by atoms with van der Waals surface area (Å²) < 4.78 is 37.1. The van der Waals surface area contributed by atoms with E-state index in [1.54, 1.807) is 0 Å². The van der Waals surface area contributed by atoms with Gasteiger partial charge in [0.05, 0.1) is 0 Å². The van der Waals surface area contributed by atoms with Crippen LogP contribution in [-0.4, -0.2) is 35.9 Å². The van der Waals surface area contributed by atoms with Gasteiger partial charge in [0, 0.05) is 19.1 Å². The van der Waals surface area contributed by atoms with Crippen LogP contribution in [0.1, 0.15) is 25.5 Å². The first-order chi connectivity index (χ1) is 9.00. The van der Waals surface area contributed by atoms with Gasteiger partial charge in [-0.05, 0) is 31.5 Å². The fourth-order valence-electron chi connectivity index (χ4n) is 2.25. The van der Waals surface area contributed by atoms with Crippen LogP contribution in [0.3, 0.4) is 0 Å². The molecule has 1 aromatic heterocycles. The van der Waals surface area contributed by atoms with Crippen LogP contribution in [0.4, 0.5) is 19.0 Å². The first-order valence-electron chi connectivity index (χ1n) is 6.40. The summed E-state index contributed by atoms with van der Waals surface area (Å²) in [5.41, 5.74) is -0.946. The number of aromatic nitrogens is 2. The van der Waals surface area contributed by atoms with Crippen molar-refractivity contribution in [3.05, 3.63) is 17.8 Å². The van der Waals surface area contributed by atoms with Crippen molar-refractivity contribution in [1.29, 1.82) is 0 Å². The Balaban J connectivity index is 1.97. The topological polar surface area (TPSA) is 41.0 Å². The first kappa shape index (κ1) is 14.0. The average molecular weight is 274 g/mol. The Hall–Kier alpha value is -1.37. The number of alkyl halides is 3. The number of nitrogens with one attached hydrogen (secondary N) is 1. The summed E-state index contributed by atoms with van der Waals surface area (Å²) in [6.45, 7) is 4.58. The van der Waals surface area contributed by atoms with E-state index in [9.17, 15) is 13.2 Å². The standard InChI is InChI=1S/C12H17F3N4/c1-2-16-9-5-7-19(8-6-9)11-4-3-10(17-18-11)12(13,14)15/h3-4,9,16H,2,5-8H2,1H3. The van der Waals surface area contributed by atoms with Crippen LogP contribution >= 0.6 is 0 Å². The van der Waals surface area contributed by atoms with E-state index < -0.39 is 11.9 Å². The monoisotopic (exact) mass is 274 g/mol. The molecule has 19 heavy (non-hydrogen) atoms. The minimum atomic E-state index is -4.43. The van der Waals surface area contributed by atoms with Gasteiger partial charge in [0.25, 0.3) is 0 Å². The van der Waals surface area contributed by atoms with Crippen LogP contribution < -0.4 is 10.2 Å². The summed E-state index contributed by atoms with van der Waals surface area (Å²) in [4.78, 5) is 1.97. The zero-order chi connectivity index (χ0) is 13.9. The number of hydrogen-bond acceptors (Lipinski definition) is 4. The van der Waals surface area contributed by atoms with E-state index in [-0.39, 0.29) is 0 Å². The maximum Gasteiger partial charge on any atom is 0.435 e. The van der Waals surface area contributed by atoms with Gasteiger partial charge in [-0.1, -0.05) is 6.92 Å². The highest BCUT2D eigenvalue weighted by Crippen LogP contribution is 2.28. The van der Waals surface area contributed by atoms with Crippen LogP contribution in [0.2, 0.25) is 0 Å². The molecule has 0 unspecified atom stereocenters. The van der Waals surface area contributed by atoms with Crippen LogP contribution in [0.25, 0.3) is 0 Å². The second-order valence-electron chi connectivity index (χ2n) is 4.59. The van der Waals surface area contributed by atoms with Crippen molar-refractivity contribution >= 4 is 5.82 Å². The van der Waals surface area contributed by atoms with Crippen molar-refractivity contribution in [3.8, 4) is 0 Å². The van der Waals surface area contributed by atoms with Gasteiger partial charge < -0.3 is 10.2 Å². The van der Waals surface area contributed by atoms with Gasteiger partial charge in [0.1, 0.15) is 0 Å². The number of halogens is 3. The van der Waals surface area contributed by atoms with Gasteiger partial charge in [-0.3, -0.25) is 0 Å². The van der Waals surface area contributed by atoms with Crippen molar-refractivity contribution in [2.75, 3.05) is 24.5 Å². The normalized spacial score (nSPS) is 17.8. The molecule has 7 heteroatoms. The maximum atomic E-state index is 12.4. The largest absolute Gasteiger partial charge is 0.435 e. The van der Waals surface area contributed by atoms with E-state index in [2.05, 4.69) is 22.4 Å². The van der Waals surface area contributed by atoms with E-state index in [0.29, 0.717) is 11.9 Å². The number of anilines is 1. The molecule has 0 aliphatic carbocycles. The summed E-state index contributed by atoms with van der Waals surface area (Å²) in [7, 11) is 0. The highest BCUT2D eigenvalue weighted by atomic mass is 19.4. The van der Waals surface area contributed by atoms with Crippen LogP contribution in [0.5, 0.6) is 0 Å². The number of rotatable bonds is 3. The lowest BCUT2D eigenvalue weighted by Crippen LogP contribution is -2.42. The molecule has 2 heterocycles. The molecular weight excluding hydrogens is 257 g/mol. The van der Waals surface area contributed by atoms with Crippen molar-refractivity contribution in [3.63, 3.8) is 0 Å². The molecule has 1 aliphatic heterocycles. The van der Waals surface area contributed by atoms with E-state index in [4.69, 9.17) is 0 Å². The molecule has 0 saturated carbocycles. The Labute approximate surface area is 110 Å². The zero-order valence-corrected chi connectivity index (χ0v) is 10.7. The van der Waals surface area contributed by atoms with E-state index in [1.165, 1.54) is 6.07 Å². The fraction of sp³-hybridized carbons (Fsp3) is 0.667. The van der Waals surface area contributed by atoms with Gasteiger partial charge in [0.15, 0.2) is 11.5 Å². The lowest BCUT2D eigenvalue weighted by atomic mass is 10.1. The van der Waals surface area contributed by atoms with Crippen molar-refractivity contribution in [2.45, 2.75) is 32.0 Å². The molecule has 0 spiro atoms. The molecular formula is C12H17F3N4. The smallest absolute Gasteiger partial charge is 0.355 e. The first-order valence-corrected chi connectivity index (χ1v) is 6.40. The third-order valence-corrected chi connectivity index (χ3v) is 3.25. The van der Waals surface area contributed by atoms with Crippen molar-refractivity contribution in [2.24, 2.45) is 0 Å². The SMILES string of the molecule is CCNC1CCN(c2ccc(C(F)(F)F)nn2)CC1. The van der Waals surface area contributed by atoms with Gasteiger partial charge in [-0.25, -0.2) is 0 Å². The predicted molar refractivity (Wildman–Crippen MR) is 65.9 cm³/mol. The molecule has 0 radical (unpaired) electrons. The summed E-state index contributed by atoms with van der Waals surface area (Å²) >= 11 is 0. The second-order valence-corrected chi connectivity index (χ2v) is 4.59.